The van der Waals surface area contributed by atoms with Crippen LogP contribution < -0.4 is 9.47 Å². The zero-order chi connectivity index (χ0) is 43.3. The zero-order valence-corrected chi connectivity index (χ0v) is 37.5. The second kappa shape index (κ2) is 21.5. The molecule has 0 aliphatic carbocycles. The number of hydrogen-bond acceptors (Lipinski definition) is 10. The van der Waals surface area contributed by atoms with E-state index in [1.807, 2.05) is 36.4 Å². The van der Waals surface area contributed by atoms with Gasteiger partial charge in [-0.2, -0.15) is 0 Å². The molecule has 0 aliphatic heterocycles. The first-order chi connectivity index (χ1) is 27.4. The van der Waals surface area contributed by atoms with Crippen molar-refractivity contribution in [3.63, 3.8) is 0 Å². The normalized spacial score (nSPS) is 14.0. The van der Waals surface area contributed by atoms with Gasteiger partial charge in [-0.15, -0.1) is 5.54 Å². The third kappa shape index (κ3) is 12.3. The summed E-state index contributed by atoms with van der Waals surface area (Å²) < 4.78 is 35.5. The maximum Gasteiger partial charge on any atom is 0.419 e. The van der Waals surface area contributed by atoms with Crippen LogP contribution in [0, 0.1) is 17.4 Å². The smallest absolute Gasteiger partial charge is 0.419 e. The van der Waals surface area contributed by atoms with Crippen LogP contribution in [0.15, 0.2) is 53.6 Å². The minimum Gasteiger partial charge on any atom is -0.497 e. The number of benzene rings is 2. The van der Waals surface area contributed by atoms with E-state index in [1.165, 1.54) is 18.8 Å². The number of ether oxygens (including phenoxy) is 6. The van der Waals surface area contributed by atoms with Gasteiger partial charge >= 0.3 is 12.1 Å². The van der Waals surface area contributed by atoms with Gasteiger partial charge in [0, 0.05) is 29.5 Å². The molecule has 58 heavy (non-hydrogen) atoms. The Balaban J connectivity index is 2.27. The quantitative estimate of drug-likeness (QED) is 0.0171. The number of methoxy groups -OCH3 is 3. The summed E-state index contributed by atoms with van der Waals surface area (Å²) in [4.78, 5) is 31.4. The molecular weight excluding hydrogens is 757 g/mol. The fourth-order valence-electron chi connectivity index (χ4n) is 8.14. The Bertz CT molecular complexity index is 1900. The fourth-order valence-corrected chi connectivity index (χ4v) is 13.5. The van der Waals surface area contributed by atoms with Crippen molar-refractivity contribution in [2.24, 2.45) is 11.0 Å². The highest BCUT2D eigenvalue weighted by Crippen LogP contribution is 2.42. The van der Waals surface area contributed by atoms with E-state index in [-0.39, 0.29) is 56.0 Å². The molecule has 0 bridgehead atoms. The Kier molecular flexibility index (Phi) is 17.7. The van der Waals surface area contributed by atoms with Crippen molar-refractivity contribution < 1.29 is 43.1 Å². The molecule has 14 heteroatoms. The standard InChI is InChI=1S/C44H64N4O9Si/c1-30(2)58(31(3)4,32(5)6)24-22-44(51,28-46-47-45)26-33(27-55-29-52-10)25-38(41(49)54-12)40-37(21-23-56-35-19-17-34(53-11)18-20-35)36-15-13-14-16-39(36)48(40)42(50)57-43(7,8)9/h13-20,30-33,38,51H,21,23,25-29H2,1-12H3/t33-,38-,44+/m1/s1. The lowest BCUT2D eigenvalue weighted by Crippen LogP contribution is -2.44. The van der Waals surface area contributed by atoms with Gasteiger partial charge in [0.2, 0.25) is 0 Å². The SMILES string of the molecule is COCOC[C@H](C[C@@H](C(=O)OC)c1c(CCOc2ccc(OC)cc2)c2ccccc2n1C(=O)OC(C)(C)C)C[C@@](O)(C#C[Si](C(C)C)(C(C)C)C(C)C)CN=[N+]=[N-]. The molecule has 0 saturated heterocycles. The molecule has 3 aromatic rings. The second-order valence-electron chi connectivity index (χ2n) is 16.7. The maximum absolute atomic E-state index is 14.3. The molecular formula is C44H64N4O9Si. The Labute approximate surface area is 345 Å². The molecule has 318 valence electrons. The topological polar surface area (TPSA) is 163 Å². The molecule has 2 aromatic carbocycles. The van der Waals surface area contributed by atoms with Gasteiger partial charge < -0.3 is 33.5 Å². The number of rotatable bonds is 20. The number of esters is 1. The van der Waals surface area contributed by atoms with Gasteiger partial charge in [-0.05, 0) is 97.6 Å². The molecule has 0 saturated carbocycles. The van der Waals surface area contributed by atoms with Crippen LogP contribution in [-0.2, 0) is 30.2 Å². The van der Waals surface area contributed by atoms with Gasteiger partial charge in [0.15, 0.2) is 0 Å². The van der Waals surface area contributed by atoms with E-state index in [0.717, 1.165) is 5.39 Å². The van der Waals surface area contributed by atoms with Gasteiger partial charge in [-0.1, -0.05) is 70.8 Å². The summed E-state index contributed by atoms with van der Waals surface area (Å²) in [6.07, 6.45) is -0.305. The minimum absolute atomic E-state index is 0.0163. The van der Waals surface area contributed by atoms with E-state index in [1.54, 1.807) is 40.0 Å². The molecule has 0 fully saturated rings. The number of fused-ring (bicyclic) bond motifs is 1. The van der Waals surface area contributed by atoms with Crippen molar-refractivity contribution in [3.05, 3.63) is 70.2 Å². The largest absolute Gasteiger partial charge is 0.497 e. The van der Waals surface area contributed by atoms with E-state index >= 15 is 0 Å². The van der Waals surface area contributed by atoms with Crippen LogP contribution in [0.1, 0.15) is 92.3 Å². The third-order valence-electron chi connectivity index (χ3n) is 10.6. The molecule has 0 aliphatic rings. The number of aromatic nitrogens is 1. The van der Waals surface area contributed by atoms with Gasteiger partial charge in [0.1, 0.15) is 37.6 Å². The highest BCUT2D eigenvalue weighted by molar-refractivity contribution is 6.90. The van der Waals surface area contributed by atoms with Gasteiger partial charge in [0.25, 0.3) is 0 Å². The number of azide groups is 1. The average Bonchev–Trinajstić information content (AvgIpc) is 3.49. The summed E-state index contributed by atoms with van der Waals surface area (Å²) >= 11 is 0. The van der Waals surface area contributed by atoms with Crippen LogP contribution in [0.3, 0.4) is 0 Å². The number of aliphatic hydroxyl groups is 1. The van der Waals surface area contributed by atoms with E-state index in [0.29, 0.717) is 34.7 Å². The minimum atomic E-state index is -2.33. The van der Waals surface area contributed by atoms with Gasteiger partial charge in [-0.25, -0.2) is 9.36 Å². The van der Waals surface area contributed by atoms with Crippen molar-refractivity contribution in [2.45, 2.75) is 115 Å². The number of nitrogens with zero attached hydrogens (tertiary/aromatic N) is 4. The van der Waals surface area contributed by atoms with Crippen molar-refractivity contribution in [1.29, 1.82) is 0 Å². The Morgan fingerprint density at radius 3 is 2.12 bits per heavy atom. The monoisotopic (exact) mass is 820 g/mol. The Morgan fingerprint density at radius 1 is 0.948 bits per heavy atom. The first kappa shape index (κ1) is 47.9. The molecule has 1 aromatic heterocycles. The molecule has 13 nitrogen and oxygen atoms in total. The zero-order valence-electron chi connectivity index (χ0n) is 36.5. The molecule has 1 N–H and O–H groups in total. The number of hydrogen-bond donors (Lipinski definition) is 1. The van der Waals surface area contributed by atoms with Crippen LogP contribution in [0.2, 0.25) is 16.6 Å². The first-order valence-electron chi connectivity index (χ1n) is 19.9. The van der Waals surface area contributed by atoms with Gasteiger partial charge in [-0.3, -0.25) is 4.79 Å². The van der Waals surface area contributed by atoms with Crippen molar-refractivity contribution >= 4 is 31.0 Å². The Morgan fingerprint density at radius 2 is 1.57 bits per heavy atom. The fraction of sp³-hybridized carbons (Fsp3) is 0.591. The Hall–Kier alpha value is -4.51. The molecule has 0 radical (unpaired) electrons. The first-order valence-corrected chi connectivity index (χ1v) is 22.2. The van der Waals surface area contributed by atoms with Crippen molar-refractivity contribution in [3.8, 4) is 23.0 Å². The molecule has 1 heterocycles. The summed E-state index contributed by atoms with van der Waals surface area (Å²) in [6.45, 7) is 18.3. The molecule has 0 unspecified atom stereocenters. The summed E-state index contributed by atoms with van der Waals surface area (Å²) in [6, 6.07) is 14.6. The van der Waals surface area contributed by atoms with Crippen LogP contribution in [0.25, 0.3) is 21.3 Å². The maximum atomic E-state index is 14.3. The highest BCUT2D eigenvalue weighted by atomic mass is 28.3. The van der Waals surface area contributed by atoms with E-state index < -0.39 is 43.2 Å². The highest BCUT2D eigenvalue weighted by Gasteiger charge is 2.43. The number of carbonyl (C=O) groups excluding carboxylic acids is 2. The van der Waals surface area contributed by atoms with E-state index in [2.05, 4.69) is 63.0 Å². The van der Waals surface area contributed by atoms with Crippen LogP contribution >= 0.6 is 0 Å². The van der Waals surface area contributed by atoms with Crippen molar-refractivity contribution in [1.82, 2.24) is 4.57 Å². The molecule has 0 spiro atoms. The van der Waals surface area contributed by atoms with Gasteiger partial charge in [0.05, 0.1) is 45.4 Å². The summed E-state index contributed by atoms with van der Waals surface area (Å²) in [7, 11) is 2.07. The number of carbonyl (C=O) groups is 2. The lowest BCUT2D eigenvalue weighted by atomic mass is 9.83. The lowest BCUT2D eigenvalue weighted by Gasteiger charge is -2.38. The third-order valence-corrected chi connectivity index (χ3v) is 16.9. The summed E-state index contributed by atoms with van der Waals surface area (Å²) in [5, 5.41) is 16.9. The molecule has 3 rings (SSSR count). The van der Waals surface area contributed by atoms with E-state index in [9.17, 15) is 20.2 Å². The second-order valence-corrected chi connectivity index (χ2v) is 22.3. The lowest BCUT2D eigenvalue weighted by molar-refractivity contribution is -0.143. The molecule has 3 atom stereocenters. The van der Waals surface area contributed by atoms with Crippen molar-refractivity contribution in [2.75, 3.05) is 47.9 Å². The molecule has 0 amide bonds. The van der Waals surface area contributed by atoms with E-state index in [4.69, 9.17) is 28.4 Å². The average molecular weight is 821 g/mol. The predicted molar refractivity (Wildman–Crippen MR) is 229 cm³/mol. The van der Waals surface area contributed by atoms with Crippen LogP contribution in [0.4, 0.5) is 4.79 Å². The van der Waals surface area contributed by atoms with Crippen LogP contribution in [-0.4, -0.2) is 88.9 Å². The summed E-state index contributed by atoms with van der Waals surface area (Å²) in [5.74, 6) is 2.32. The number of para-hydroxylation sites is 1. The predicted octanol–water partition coefficient (Wildman–Crippen LogP) is 9.59. The van der Waals surface area contributed by atoms with Crippen LogP contribution in [0.5, 0.6) is 11.5 Å². The summed E-state index contributed by atoms with van der Waals surface area (Å²) in [5.41, 5.74) is 12.9.